The number of aromatic amines is 1. The molecule has 0 radical (unpaired) electrons. The number of benzene rings is 1. The van der Waals surface area contributed by atoms with Crippen molar-refractivity contribution in [2.24, 2.45) is 0 Å². The number of likely N-dealkylation sites (N-methyl/N-ethyl adjacent to an activating group) is 2. The lowest BCUT2D eigenvalue weighted by Gasteiger charge is -2.34. The maximum absolute atomic E-state index is 13.0. The summed E-state index contributed by atoms with van der Waals surface area (Å²) >= 11 is 0. The zero-order chi connectivity index (χ0) is 15.0. The van der Waals surface area contributed by atoms with Crippen molar-refractivity contribution < 1.29 is 4.39 Å². The van der Waals surface area contributed by atoms with Crippen molar-refractivity contribution in [1.82, 2.24) is 10.2 Å². The van der Waals surface area contributed by atoms with Crippen LogP contribution in [0.4, 0.5) is 27.3 Å². The largest absolute Gasteiger partial charge is 0.368 e. The van der Waals surface area contributed by atoms with Gasteiger partial charge in [-0.1, -0.05) is 0 Å². The minimum atomic E-state index is -0.317. The summed E-state index contributed by atoms with van der Waals surface area (Å²) in [5.74, 6) is 0.399. The molecule has 7 heteroatoms. The van der Waals surface area contributed by atoms with Gasteiger partial charge in [0.2, 0.25) is 0 Å². The molecule has 21 heavy (non-hydrogen) atoms. The van der Waals surface area contributed by atoms with Gasteiger partial charge in [0.05, 0.1) is 0 Å². The highest BCUT2D eigenvalue weighted by atomic mass is 19.1. The van der Waals surface area contributed by atoms with Crippen molar-refractivity contribution in [3.8, 4) is 0 Å². The van der Waals surface area contributed by atoms with Gasteiger partial charge in [-0.2, -0.15) is 5.10 Å². The molecule has 1 aliphatic heterocycles. The summed E-state index contributed by atoms with van der Waals surface area (Å²) in [5, 5.41) is 9.67. The van der Waals surface area contributed by atoms with Crippen LogP contribution in [0, 0.1) is 5.82 Å². The Labute approximate surface area is 121 Å². The average molecular weight is 289 g/mol. The van der Waals surface area contributed by atoms with Crippen LogP contribution < -0.4 is 20.7 Å². The molecule has 110 valence electrons. The number of rotatable bonds is 2. The van der Waals surface area contributed by atoms with Crippen molar-refractivity contribution in [3.63, 3.8) is 0 Å². The maximum Gasteiger partial charge on any atom is 0.290 e. The molecule has 0 unspecified atom stereocenters. The predicted molar refractivity (Wildman–Crippen MR) is 81.1 cm³/mol. The number of H-pyrrole nitrogens is 1. The number of aromatic nitrogens is 2. The number of hydrogen-bond donors (Lipinski definition) is 2. The van der Waals surface area contributed by atoms with Crippen LogP contribution in [0.1, 0.15) is 0 Å². The Morgan fingerprint density at radius 2 is 1.86 bits per heavy atom. The van der Waals surface area contributed by atoms with Crippen LogP contribution in [0.2, 0.25) is 0 Å². The van der Waals surface area contributed by atoms with Gasteiger partial charge < -0.3 is 15.1 Å². The molecule has 0 spiro atoms. The fourth-order valence-corrected chi connectivity index (χ4v) is 2.37. The molecule has 1 aliphatic rings. The quantitative estimate of drug-likeness (QED) is 0.878. The first kappa shape index (κ1) is 13.4. The topological polar surface area (TPSA) is 64.3 Å². The third-order valence-corrected chi connectivity index (χ3v) is 3.57. The molecule has 0 saturated heterocycles. The van der Waals surface area contributed by atoms with E-state index in [1.807, 2.05) is 23.9 Å². The van der Waals surface area contributed by atoms with Crippen LogP contribution in [0.15, 0.2) is 29.1 Å². The SMILES string of the molecule is CN1CCN(C)c2c1n[nH]c(=O)c2Nc1ccc(F)cc1. The van der Waals surface area contributed by atoms with E-state index in [2.05, 4.69) is 15.5 Å². The van der Waals surface area contributed by atoms with Gasteiger partial charge in [0.15, 0.2) is 5.82 Å². The maximum atomic E-state index is 13.0. The van der Waals surface area contributed by atoms with Crippen LogP contribution in [-0.2, 0) is 0 Å². The first-order valence-corrected chi connectivity index (χ1v) is 6.64. The van der Waals surface area contributed by atoms with Crippen molar-refractivity contribution in [2.45, 2.75) is 0 Å². The van der Waals surface area contributed by atoms with E-state index in [1.54, 1.807) is 12.1 Å². The Morgan fingerprint density at radius 1 is 1.19 bits per heavy atom. The molecule has 0 atom stereocenters. The number of anilines is 4. The highest BCUT2D eigenvalue weighted by molar-refractivity contribution is 5.84. The first-order valence-electron chi connectivity index (χ1n) is 6.64. The molecule has 0 fully saturated rings. The van der Waals surface area contributed by atoms with Crippen molar-refractivity contribution in [3.05, 3.63) is 40.4 Å². The lowest BCUT2D eigenvalue weighted by molar-refractivity contribution is 0.628. The summed E-state index contributed by atoms with van der Waals surface area (Å²) in [4.78, 5) is 16.1. The zero-order valence-electron chi connectivity index (χ0n) is 11.9. The van der Waals surface area contributed by atoms with E-state index in [-0.39, 0.29) is 11.4 Å². The summed E-state index contributed by atoms with van der Waals surface area (Å²) < 4.78 is 13.0. The van der Waals surface area contributed by atoms with Crippen molar-refractivity contribution >= 4 is 22.9 Å². The van der Waals surface area contributed by atoms with E-state index in [0.29, 0.717) is 17.2 Å². The summed E-state index contributed by atoms with van der Waals surface area (Å²) in [7, 11) is 3.85. The molecule has 0 saturated carbocycles. The molecule has 1 aromatic carbocycles. The number of nitrogens with zero attached hydrogens (tertiary/aromatic N) is 3. The van der Waals surface area contributed by atoms with Crippen LogP contribution in [-0.4, -0.2) is 37.4 Å². The van der Waals surface area contributed by atoms with Gasteiger partial charge in [-0.25, -0.2) is 9.49 Å². The molecule has 0 bridgehead atoms. The van der Waals surface area contributed by atoms with Gasteiger partial charge in [-0.15, -0.1) is 0 Å². The van der Waals surface area contributed by atoms with E-state index in [4.69, 9.17) is 0 Å². The van der Waals surface area contributed by atoms with E-state index in [1.165, 1.54) is 12.1 Å². The second-order valence-corrected chi connectivity index (χ2v) is 5.07. The van der Waals surface area contributed by atoms with Gasteiger partial charge in [0.25, 0.3) is 5.56 Å². The molecule has 1 aromatic heterocycles. The summed E-state index contributed by atoms with van der Waals surface area (Å²) in [6.45, 7) is 1.63. The standard InChI is InChI=1S/C14H16FN5O/c1-19-7-8-20(2)13-12(19)11(14(21)18-17-13)16-10-5-3-9(15)4-6-10/h3-6H,7-8H2,1-2H3,(H,16,17)(H,18,21). The van der Waals surface area contributed by atoms with Gasteiger partial charge in [0, 0.05) is 32.9 Å². The van der Waals surface area contributed by atoms with Crippen molar-refractivity contribution in [1.29, 1.82) is 0 Å². The number of hydrogen-bond acceptors (Lipinski definition) is 5. The molecular formula is C14H16FN5O. The lowest BCUT2D eigenvalue weighted by atomic mass is 10.2. The minimum absolute atomic E-state index is 0.305. The first-order chi connectivity index (χ1) is 10.1. The average Bonchev–Trinajstić information content (AvgIpc) is 2.47. The van der Waals surface area contributed by atoms with E-state index in [0.717, 1.165) is 18.8 Å². The second-order valence-electron chi connectivity index (χ2n) is 5.07. The number of fused-ring (bicyclic) bond motifs is 1. The Hall–Kier alpha value is -2.57. The molecule has 2 N–H and O–H groups in total. The van der Waals surface area contributed by atoms with Crippen LogP contribution in [0.5, 0.6) is 0 Å². The van der Waals surface area contributed by atoms with Gasteiger partial charge in [-0.05, 0) is 24.3 Å². The van der Waals surface area contributed by atoms with Gasteiger partial charge in [0.1, 0.15) is 17.2 Å². The molecule has 2 heterocycles. The fourth-order valence-electron chi connectivity index (χ4n) is 2.37. The lowest BCUT2D eigenvalue weighted by Crippen LogP contribution is -2.39. The molecule has 0 aliphatic carbocycles. The Morgan fingerprint density at radius 3 is 2.57 bits per heavy atom. The van der Waals surface area contributed by atoms with E-state index in [9.17, 15) is 9.18 Å². The highest BCUT2D eigenvalue weighted by Crippen LogP contribution is 2.34. The predicted octanol–water partition coefficient (Wildman–Crippen LogP) is 1.54. The van der Waals surface area contributed by atoms with Crippen LogP contribution in [0.3, 0.4) is 0 Å². The fraction of sp³-hybridized carbons (Fsp3) is 0.286. The monoisotopic (exact) mass is 289 g/mol. The molecule has 3 rings (SSSR count). The Balaban J connectivity index is 2.07. The summed E-state index contributed by atoms with van der Waals surface area (Å²) in [5.41, 5.74) is 1.51. The third kappa shape index (κ3) is 2.42. The smallest absolute Gasteiger partial charge is 0.290 e. The van der Waals surface area contributed by atoms with Crippen molar-refractivity contribution in [2.75, 3.05) is 42.3 Å². The van der Waals surface area contributed by atoms with E-state index >= 15 is 0 Å². The van der Waals surface area contributed by atoms with Gasteiger partial charge >= 0.3 is 0 Å². The minimum Gasteiger partial charge on any atom is -0.368 e. The highest BCUT2D eigenvalue weighted by Gasteiger charge is 2.24. The van der Waals surface area contributed by atoms with E-state index < -0.39 is 0 Å². The zero-order valence-corrected chi connectivity index (χ0v) is 11.9. The second kappa shape index (κ2) is 5.08. The number of nitrogens with one attached hydrogen (secondary N) is 2. The molecule has 6 nitrogen and oxygen atoms in total. The number of halogens is 1. The van der Waals surface area contributed by atoms with Gasteiger partial charge in [-0.3, -0.25) is 4.79 Å². The van der Waals surface area contributed by atoms with Crippen LogP contribution in [0.25, 0.3) is 0 Å². The molecule has 2 aromatic rings. The normalized spacial score (nSPS) is 14.0. The Kier molecular flexibility index (Phi) is 3.25. The summed E-state index contributed by atoms with van der Waals surface area (Å²) in [6.07, 6.45) is 0. The third-order valence-electron chi connectivity index (χ3n) is 3.57. The Bertz CT molecular complexity index is 712. The molecule has 0 amide bonds. The molecular weight excluding hydrogens is 273 g/mol. The summed E-state index contributed by atoms with van der Waals surface area (Å²) in [6, 6.07) is 5.88. The van der Waals surface area contributed by atoms with Crippen LogP contribution >= 0.6 is 0 Å².